The van der Waals surface area contributed by atoms with E-state index in [-0.39, 0.29) is 18.3 Å². The zero-order valence-electron chi connectivity index (χ0n) is 11.4. The number of halogens is 1. The standard InChI is InChI=1S/C16H14ClNO3/c1-11(19)18-14-5-7-15(8-6-14)21-10-16(20)12-3-2-4-13(17)9-12/h2-9H,10H2,1H3,(H,18,19). The van der Waals surface area contributed by atoms with Crippen LogP contribution in [0.5, 0.6) is 5.75 Å². The van der Waals surface area contributed by atoms with E-state index in [0.29, 0.717) is 22.0 Å². The average Bonchev–Trinajstić information content (AvgIpc) is 2.45. The van der Waals surface area contributed by atoms with Crippen molar-refractivity contribution in [3.63, 3.8) is 0 Å². The molecule has 108 valence electrons. The Bertz CT molecular complexity index is 653. The number of benzene rings is 2. The number of Topliss-reactive ketones (excluding diaryl/α,β-unsaturated/α-hetero) is 1. The van der Waals surface area contributed by atoms with E-state index < -0.39 is 0 Å². The second kappa shape index (κ2) is 6.90. The molecule has 0 heterocycles. The predicted molar refractivity (Wildman–Crippen MR) is 82.0 cm³/mol. The molecule has 5 heteroatoms. The lowest BCUT2D eigenvalue weighted by Gasteiger charge is -2.07. The molecule has 1 amide bonds. The van der Waals surface area contributed by atoms with Crippen LogP contribution in [0.4, 0.5) is 5.69 Å². The summed E-state index contributed by atoms with van der Waals surface area (Å²) in [7, 11) is 0. The van der Waals surface area contributed by atoms with Crippen molar-refractivity contribution in [2.75, 3.05) is 11.9 Å². The van der Waals surface area contributed by atoms with Gasteiger partial charge in [-0.3, -0.25) is 9.59 Å². The Morgan fingerprint density at radius 2 is 1.86 bits per heavy atom. The van der Waals surface area contributed by atoms with Gasteiger partial charge < -0.3 is 10.1 Å². The molecular formula is C16H14ClNO3. The van der Waals surface area contributed by atoms with Crippen molar-refractivity contribution >= 4 is 29.0 Å². The predicted octanol–water partition coefficient (Wildman–Crippen LogP) is 3.56. The first-order valence-electron chi connectivity index (χ1n) is 6.34. The van der Waals surface area contributed by atoms with E-state index in [4.69, 9.17) is 16.3 Å². The molecule has 0 aliphatic rings. The fourth-order valence-corrected chi connectivity index (χ4v) is 1.92. The monoisotopic (exact) mass is 303 g/mol. The molecule has 0 spiro atoms. The van der Waals surface area contributed by atoms with Crippen molar-refractivity contribution in [1.29, 1.82) is 0 Å². The summed E-state index contributed by atoms with van der Waals surface area (Å²) in [6, 6.07) is 13.5. The maximum absolute atomic E-state index is 11.9. The summed E-state index contributed by atoms with van der Waals surface area (Å²) in [5.41, 5.74) is 1.19. The second-order valence-electron chi connectivity index (χ2n) is 4.43. The summed E-state index contributed by atoms with van der Waals surface area (Å²) in [4.78, 5) is 22.8. The molecule has 0 unspecified atom stereocenters. The zero-order valence-corrected chi connectivity index (χ0v) is 12.2. The van der Waals surface area contributed by atoms with E-state index in [1.807, 2.05) is 0 Å². The normalized spacial score (nSPS) is 10.0. The number of hydrogen-bond donors (Lipinski definition) is 1. The van der Waals surface area contributed by atoms with Crippen molar-refractivity contribution in [3.8, 4) is 5.75 Å². The lowest BCUT2D eigenvalue weighted by atomic mass is 10.1. The largest absolute Gasteiger partial charge is 0.485 e. The summed E-state index contributed by atoms with van der Waals surface area (Å²) < 4.78 is 5.42. The molecule has 0 radical (unpaired) electrons. The molecule has 2 aromatic carbocycles. The molecule has 2 aromatic rings. The number of amides is 1. The number of anilines is 1. The van der Waals surface area contributed by atoms with Crippen LogP contribution in [0.25, 0.3) is 0 Å². The van der Waals surface area contributed by atoms with Gasteiger partial charge in [0.15, 0.2) is 12.4 Å². The number of ether oxygens (including phenoxy) is 1. The minimum Gasteiger partial charge on any atom is -0.485 e. The minimum atomic E-state index is -0.150. The van der Waals surface area contributed by atoms with Gasteiger partial charge in [-0.15, -0.1) is 0 Å². The number of hydrogen-bond acceptors (Lipinski definition) is 3. The highest BCUT2D eigenvalue weighted by atomic mass is 35.5. The van der Waals surface area contributed by atoms with E-state index >= 15 is 0 Å². The molecule has 0 aliphatic carbocycles. The van der Waals surface area contributed by atoms with Gasteiger partial charge >= 0.3 is 0 Å². The lowest BCUT2D eigenvalue weighted by Crippen LogP contribution is -2.11. The maximum Gasteiger partial charge on any atom is 0.221 e. The van der Waals surface area contributed by atoms with E-state index in [9.17, 15) is 9.59 Å². The summed E-state index contributed by atoms with van der Waals surface area (Å²) in [5, 5.41) is 3.17. The van der Waals surface area contributed by atoms with Crippen LogP contribution in [-0.2, 0) is 4.79 Å². The van der Waals surface area contributed by atoms with Gasteiger partial charge in [0.1, 0.15) is 5.75 Å². The quantitative estimate of drug-likeness (QED) is 0.859. The molecule has 0 saturated carbocycles. The highest BCUT2D eigenvalue weighted by Gasteiger charge is 2.07. The van der Waals surface area contributed by atoms with Gasteiger partial charge in [-0.1, -0.05) is 23.7 Å². The number of carbonyl (C=O) groups excluding carboxylic acids is 2. The molecule has 21 heavy (non-hydrogen) atoms. The zero-order chi connectivity index (χ0) is 15.2. The maximum atomic E-state index is 11.9. The molecule has 2 rings (SSSR count). The highest BCUT2D eigenvalue weighted by Crippen LogP contribution is 2.16. The first-order chi connectivity index (χ1) is 10.0. The van der Waals surface area contributed by atoms with Crippen LogP contribution in [0.2, 0.25) is 5.02 Å². The Labute approximate surface area is 127 Å². The third kappa shape index (κ3) is 4.61. The van der Waals surface area contributed by atoms with Gasteiger partial charge in [-0.2, -0.15) is 0 Å². The van der Waals surface area contributed by atoms with E-state index in [0.717, 1.165) is 0 Å². The Morgan fingerprint density at radius 3 is 2.48 bits per heavy atom. The van der Waals surface area contributed by atoms with Crippen molar-refractivity contribution in [2.45, 2.75) is 6.92 Å². The number of rotatable bonds is 5. The summed E-state index contributed by atoms with van der Waals surface area (Å²) in [5.74, 6) is 0.266. The van der Waals surface area contributed by atoms with Gasteiger partial charge in [0.25, 0.3) is 0 Å². The molecule has 4 nitrogen and oxygen atoms in total. The van der Waals surface area contributed by atoms with E-state index in [2.05, 4.69) is 5.32 Å². The summed E-state index contributed by atoms with van der Waals surface area (Å²) in [6.07, 6.45) is 0. The Balaban J connectivity index is 1.93. The van der Waals surface area contributed by atoms with Crippen LogP contribution in [0, 0.1) is 0 Å². The number of ketones is 1. The second-order valence-corrected chi connectivity index (χ2v) is 4.86. The van der Waals surface area contributed by atoms with Crippen molar-refractivity contribution < 1.29 is 14.3 Å². The van der Waals surface area contributed by atoms with Gasteiger partial charge in [0, 0.05) is 23.2 Å². The lowest BCUT2D eigenvalue weighted by molar-refractivity contribution is -0.114. The fraction of sp³-hybridized carbons (Fsp3) is 0.125. The molecule has 0 bridgehead atoms. The Morgan fingerprint density at radius 1 is 1.14 bits per heavy atom. The molecular weight excluding hydrogens is 290 g/mol. The Hall–Kier alpha value is -2.33. The molecule has 0 aliphatic heterocycles. The van der Waals surface area contributed by atoms with E-state index in [1.165, 1.54) is 6.92 Å². The van der Waals surface area contributed by atoms with Gasteiger partial charge in [0.05, 0.1) is 0 Å². The molecule has 0 saturated heterocycles. The average molecular weight is 304 g/mol. The van der Waals surface area contributed by atoms with E-state index in [1.54, 1.807) is 48.5 Å². The van der Waals surface area contributed by atoms with Crippen LogP contribution in [0.15, 0.2) is 48.5 Å². The molecule has 0 fully saturated rings. The van der Waals surface area contributed by atoms with Gasteiger partial charge in [0.2, 0.25) is 5.91 Å². The third-order valence-electron chi connectivity index (χ3n) is 2.69. The molecule has 0 aromatic heterocycles. The fourth-order valence-electron chi connectivity index (χ4n) is 1.73. The van der Waals surface area contributed by atoms with Crippen LogP contribution in [0.1, 0.15) is 17.3 Å². The first-order valence-corrected chi connectivity index (χ1v) is 6.71. The highest BCUT2D eigenvalue weighted by molar-refractivity contribution is 6.31. The summed E-state index contributed by atoms with van der Waals surface area (Å²) >= 11 is 5.84. The van der Waals surface area contributed by atoms with Gasteiger partial charge in [-0.05, 0) is 36.4 Å². The van der Waals surface area contributed by atoms with Crippen LogP contribution in [0.3, 0.4) is 0 Å². The van der Waals surface area contributed by atoms with Crippen LogP contribution < -0.4 is 10.1 Å². The SMILES string of the molecule is CC(=O)Nc1ccc(OCC(=O)c2cccc(Cl)c2)cc1. The molecule has 1 N–H and O–H groups in total. The van der Waals surface area contributed by atoms with Gasteiger partial charge in [-0.25, -0.2) is 0 Å². The van der Waals surface area contributed by atoms with Crippen molar-refractivity contribution in [2.24, 2.45) is 0 Å². The number of nitrogens with one attached hydrogen (secondary N) is 1. The van der Waals surface area contributed by atoms with Crippen LogP contribution in [-0.4, -0.2) is 18.3 Å². The van der Waals surface area contributed by atoms with Crippen molar-refractivity contribution in [1.82, 2.24) is 0 Å². The molecule has 0 atom stereocenters. The Kier molecular flexibility index (Phi) is 4.95. The summed E-state index contributed by atoms with van der Waals surface area (Å²) in [6.45, 7) is 1.37. The minimum absolute atomic E-state index is 0.0696. The van der Waals surface area contributed by atoms with Crippen molar-refractivity contribution in [3.05, 3.63) is 59.1 Å². The first kappa shape index (κ1) is 15.1. The third-order valence-corrected chi connectivity index (χ3v) is 2.93. The number of carbonyl (C=O) groups is 2. The topological polar surface area (TPSA) is 55.4 Å². The van der Waals surface area contributed by atoms with Crippen LogP contribution >= 0.6 is 11.6 Å². The smallest absolute Gasteiger partial charge is 0.221 e.